The monoisotopic (exact) mass is 296 g/mol. The van der Waals surface area contributed by atoms with E-state index in [0.717, 1.165) is 22.2 Å². The second-order valence-electron chi connectivity index (χ2n) is 4.87. The number of carbonyl (C=O) groups is 1. The van der Waals surface area contributed by atoms with Gasteiger partial charge in [-0.15, -0.1) is 0 Å². The Labute approximate surface area is 116 Å². The molecule has 1 aromatic heterocycles. The second-order valence-corrected chi connectivity index (χ2v) is 7.06. The van der Waals surface area contributed by atoms with E-state index in [1.165, 1.54) is 0 Å². The van der Waals surface area contributed by atoms with E-state index in [0.29, 0.717) is 5.82 Å². The highest BCUT2D eigenvalue weighted by molar-refractivity contribution is 7.90. The van der Waals surface area contributed by atoms with Crippen molar-refractivity contribution in [2.75, 3.05) is 5.75 Å². The molecule has 0 bridgehead atoms. The number of aryl methyl sites for hydroxylation is 2. The minimum absolute atomic E-state index is 0.271. The number of nitrogens with zero attached hydrogens (tertiary/aromatic N) is 1. The standard InChI is InChI=1S/C13H16N2O4S/c1-8-5-10-11(6-9(8)2)15-12(14-10)7-20(18,19)4-3-13(16)17/h5-6H,3-4,7H2,1-2H3,(H,14,15)(H,16,17). The largest absolute Gasteiger partial charge is 0.481 e. The maximum Gasteiger partial charge on any atom is 0.304 e. The summed E-state index contributed by atoms with van der Waals surface area (Å²) in [6.07, 6.45) is -0.388. The number of carboxylic acids is 1. The van der Waals surface area contributed by atoms with Crippen molar-refractivity contribution in [3.63, 3.8) is 0 Å². The molecular formula is C13H16N2O4S. The van der Waals surface area contributed by atoms with E-state index in [4.69, 9.17) is 5.11 Å². The van der Waals surface area contributed by atoms with Crippen LogP contribution >= 0.6 is 0 Å². The number of aromatic amines is 1. The molecule has 6 nitrogen and oxygen atoms in total. The van der Waals surface area contributed by atoms with Crippen molar-refractivity contribution < 1.29 is 18.3 Å². The molecule has 0 aliphatic rings. The van der Waals surface area contributed by atoms with Crippen molar-refractivity contribution in [1.82, 2.24) is 9.97 Å². The first-order chi connectivity index (χ1) is 9.27. The molecule has 20 heavy (non-hydrogen) atoms. The molecule has 108 valence electrons. The fraction of sp³-hybridized carbons (Fsp3) is 0.385. The van der Waals surface area contributed by atoms with Gasteiger partial charge in [-0.3, -0.25) is 4.79 Å². The summed E-state index contributed by atoms with van der Waals surface area (Å²) in [6, 6.07) is 3.82. The van der Waals surface area contributed by atoms with Gasteiger partial charge in [0.2, 0.25) is 0 Å². The molecule has 7 heteroatoms. The number of H-pyrrole nitrogens is 1. The predicted octanol–water partition coefficient (Wildman–Crippen LogP) is 1.57. The van der Waals surface area contributed by atoms with Gasteiger partial charge in [-0.2, -0.15) is 0 Å². The van der Waals surface area contributed by atoms with Crippen LogP contribution in [-0.2, 0) is 20.4 Å². The molecule has 2 rings (SSSR count). The van der Waals surface area contributed by atoms with Crippen LogP contribution in [0, 0.1) is 13.8 Å². The third-order valence-electron chi connectivity index (χ3n) is 3.13. The molecule has 2 aromatic rings. The van der Waals surface area contributed by atoms with E-state index in [-0.39, 0.29) is 17.9 Å². The number of aliphatic carboxylic acids is 1. The molecule has 0 saturated heterocycles. The molecule has 0 saturated carbocycles. The molecular weight excluding hydrogens is 280 g/mol. The van der Waals surface area contributed by atoms with Crippen LogP contribution in [0.5, 0.6) is 0 Å². The lowest BCUT2D eigenvalue weighted by molar-refractivity contribution is -0.136. The van der Waals surface area contributed by atoms with Crippen molar-refractivity contribution >= 4 is 26.8 Å². The molecule has 1 heterocycles. The van der Waals surface area contributed by atoms with Crippen LogP contribution in [0.4, 0.5) is 0 Å². The van der Waals surface area contributed by atoms with E-state index in [1.54, 1.807) is 0 Å². The van der Waals surface area contributed by atoms with Crippen LogP contribution in [0.2, 0.25) is 0 Å². The Hall–Kier alpha value is -1.89. The number of nitrogens with one attached hydrogen (secondary N) is 1. The zero-order chi connectivity index (χ0) is 14.9. The lowest BCUT2D eigenvalue weighted by atomic mass is 10.1. The summed E-state index contributed by atoms with van der Waals surface area (Å²) in [5.74, 6) is -1.43. The van der Waals surface area contributed by atoms with E-state index < -0.39 is 15.8 Å². The van der Waals surface area contributed by atoms with E-state index in [9.17, 15) is 13.2 Å². The quantitative estimate of drug-likeness (QED) is 0.872. The van der Waals surface area contributed by atoms with Gasteiger partial charge in [-0.05, 0) is 37.1 Å². The van der Waals surface area contributed by atoms with E-state index in [1.807, 2.05) is 26.0 Å². The summed E-state index contributed by atoms with van der Waals surface area (Å²) in [7, 11) is -3.47. The molecule has 0 spiro atoms. The average molecular weight is 296 g/mol. The first-order valence-electron chi connectivity index (χ1n) is 6.15. The number of benzene rings is 1. The van der Waals surface area contributed by atoms with Gasteiger partial charge in [0.25, 0.3) is 0 Å². The maximum atomic E-state index is 11.8. The van der Waals surface area contributed by atoms with Gasteiger partial charge in [-0.25, -0.2) is 13.4 Å². The summed E-state index contributed by atoms with van der Waals surface area (Å²) in [6.45, 7) is 3.94. The average Bonchev–Trinajstić information content (AvgIpc) is 2.68. The van der Waals surface area contributed by atoms with Gasteiger partial charge >= 0.3 is 5.97 Å². The highest BCUT2D eigenvalue weighted by Crippen LogP contribution is 2.18. The second kappa shape index (κ2) is 5.24. The topological polar surface area (TPSA) is 100 Å². The number of aromatic nitrogens is 2. The van der Waals surface area contributed by atoms with Gasteiger partial charge in [0.1, 0.15) is 11.6 Å². The van der Waals surface area contributed by atoms with Crippen LogP contribution < -0.4 is 0 Å². The Balaban J connectivity index is 2.24. The Kier molecular flexibility index (Phi) is 3.80. The van der Waals surface area contributed by atoms with Gasteiger partial charge in [-0.1, -0.05) is 0 Å². The Morgan fingerprint density at radius 3 is 2.60 bits per heavy atom. The van der Waals surface area contributed by atoms with Crippen molar-refractivity contribution in [3.8, 4) is 0 Å². The number of imidazole rings is 1. The van der Waals surface area contributed by atoms with Crippen molar-refractivity contribution in [2.24, 2.45) is 0 Å². The fourth-order valence-corrected chi connectivity index (χ4v) is 3.10. The van der Waals surface area contributed by atoms with E-state index >= 15 is 0 Å². The summed E-state index contributed by atoms with van der Waals surface area (Å²) in [5, 5.41) is 8.53. The normalized spacial score (nSPS) is 11.9. The number of hydrogen-bond donors (Lipinski definition) is 2. The third kappa shape index (κ3) is 3.36. The van der Waals surface area contributed by atoms with Crippen LogP contribution in [0.15, 0.2) is 12.1 Å². The zero-order valence-electron chi connectivity index (χ0n) is 11.3. The Bertz CT molecular complexity index is 723. The third-order valence-corrected chi connectivity index (χ3v) is 4.67. The van der Waals surface area contributed by atoms with Crippen LogP contribution in [-0.4, -0.2) is 35.2 Å². The number of fused-ring (bicyclic) bond motifs is 1. The molecule has 2 N–H and O–H groups in total. The lowest BCUT2D eigenvalue weighted by Gasteiger charge is -1.99. The number of sulfone groups is 1. The maximum absolute atomic E-state index is 11.8. The summed E-state index contributed by atoms with van der Waals surface area (Å²) in [5.41, 5.74) is 3.69. The van der Waals surface area contributed by atoms with Crippen LogP contribution in [0.3, 0.4) is 0 Å². The molecule has 0 aliphatic carbocycles. The molecule has 0 aliphatic heterocycles. The minimum Gasteiger partial charge on any atom is -0.481 e. The fourth-order valence-electron chi connectivity index (χ4n) is 1.91. The smallest absolute Gasteiger partial charge is 0.304 e. The predicted molar refractivity (Wildman–Crippen MR) is 75.3 cm³/mol. The van der Waals surface area contributed by atoms with Gasteiger partial charge < -0.3 is 10.1 Å². The van der Waals surface area contributed by atoms with Crippen LogP contribution in [0.1, 0.15) is 23.4 Å². The van der Waals surface area contributed by atoms with E-state index in [2.05, 4.69) is 9.97 Å². The Morgan fingerprint density at radius 2 is 1.95 bits per heavy atom. The molecule has 0 fully saturated rings. The number of carboxylic acid groups (broad SMARTS) is 1. The SMILES string of the molecule is Cc1cc2nc(CS(=O)(=O)CCC(=O)O)[nH]c2cc1C. The lowest BCUT2D eigenvalue weighted by Crippen LogP contribution is -2.13. The first kappa shape index (κ1) is 14.5. The van der Waals surface area contributed by atoms with Gasteiger partial charge in [0.15, 0.2) is 9.84 Å². The zero-order valence-corrected chi connectivity index (χ0v) is 12.1. The van der Waals surface area contributed by atoms with Gasteiger partial charge in [0.05, 0.1) is 23.2 Å². The Morgan fingerprint density at radius 1 is 1.30 bits per heavy atom. The highest BCUT2D eigenvalue weighted by Gasteiger charge is 2.16. The summed E-state index contributed by atoms with van der Waals surface area (Å²) in [4.78, 5) is 17.6. The molecule has 0 amide bonds. The first-order valence-corrected chi connectivity index (χ1v) is 7.97. The molecule has 0 atom stereocenters. The molecule has 0 radical (unpaired) electrons. The van der Waals surface area contributed by atoms with Crippen molar-refractivity contribution in [2.45, 2.75) is 26.0 Å². The minimum atomic E-state index is -3.47. The van der Waals surface area contributed by atoms with Crippen molar-refractivity contribution in [1.29, 1.82) is 0 Å². The summed E-state index contributed by atoms with van der Waals surface area (Å²) < 4.78 is 23.6. The summed E-state index contributed by atoms with van der Waals surface area (Å²) >= 11 is 0. The van der Waals surface area contributed by atoms with Gasteiger partial charge in [0, 0.05) is 0 Å². The molecule has 0 unspecified atom stereocenters. The number of hydrogen-bond acceptors (Lipinski definition) is 4. The van der Waals surface area contributed by atoms with Crippen LogP contribution in [0.25, 0.3) is 11.0 Å². The van der Waals surface area contributed by atoms with Crippen molar-refractivity contribution in [3.05, 3.63) is 29.1 Å². The highest BCUT2D eigenvalue weighted by atomic mass is 32.2. The number of rotatable bonds is 5. The molecule has 1 aromatic carbocycles.